The molecule has 21 heavy (non-hydrogen) atoms. The number of aromatic hydroxyl groups is 1. The zero-order valence-corrected chi connectivity index (χ0v) is 13.6. The molecular formula is C14H14BrNO4S. The van der Waals surface area contributed by atoms with Crippen LogP contribution < -0.4 is 9.46 Å². The molecule has 7 heteroatoms. The molecule has 0 saturated carbocycles. The molecule has 0 aromatic heterocycles. The Morgan fingerprint density at radius 1 is 1.24 bits per heavy atom. The molecule has 0 aliphatic rings. The second-order valence-corrected chi connectivity index (χ2v) is 6.90. The second kappa shape index (κ2) is 6.46. The third-order valence-electron chi connectivity index (χ3n) is 2.86. The highest BCUT2D eigenvalue weighted by Crippen LogP contribution is 2.27. The van der Waals surface area contributed by atoms with Crippen molar-refractivity contribution in [2.75, 3.05) is 7.11 Å². The highest BCUT2D eigenvalue weighted by molar-refractivity contribution is 9.10. The standard InChI is InChI=1S/C14H14BrNO4S/c1-20-13-7-6-11(15)8-14(13)21(18,19)16-9-10-4-2-3-5-12(10)17/h2-8,16-17H,9H2,1H3. The van der Waals surface area contributed by atoms with Crippen molar-refractivity contribution in [3.63, 3.8) is 0 Å². The normalized spacial score (nSPS) is 11.3. The maximum Gasteiger partial charge on any atom is 0.244 e. The van der Waals surface area contributed by atoms with Crippen molar-refractivity contribution in [1.82, 2.24) is 4.72 Å². The van der Waals surface area contributed by atoms with Crippen LogP contribution in [0.4, 0.5) is 0 Å². The molecule has 0 fully saturated rings. The van der Waals surface area contributed by atoms with Crippen LogP contribution >= 0.6 is 15.9 Å². The van der Waals surface area contributed by atoms with Gasteiger partial charge in [-0.2, -0.15) is 0 Å². The van der Waals surface area contributed by atoms with Gasteiger partial charge in [0.1, 0.15) is 16.4 Å². The van der Waals surface area contributed by atoms with E-state index in [-0.39, 0.29) is 22.9 Å². The Balaban J connectivity index is 2.27. The molecule has 0 aliphatic carbocycles. The summed E-state index contributed by atoms with van der Waals surface area (Å²) >= 11 is 3.24. The average molecular weight is 372 g/mol. The minimum Gasteiger partial charge on any atom is -0.508 e. The maximum absolute atomic E-state index is 12.4. The molecule has 0 heterocycles. The molecule has 2 N–H and O–H groups in total. The molecule has 0 bridgehead atoms. The summed E-state index contributed by atoms with van der Waals surface area (Å²) in [6.07, 6.45) is 0. The lowest BCUT2D eigenvalue weighted by molar-refractivity contribution is 0.402. The van der Waals surface area contributed by atoms with Gasteiger partial charge in [0.15, 0.2) is 0 Å². The molecule has 2 aromatic carbocycles. The van der Waals surface area contributed by atoms with Crippen LogP contribution in [0.2, 0.25) is 0 Å². The van der Waals surface area contributed by atoms with Crippen LogP contribution in [0.15, 0.2) is 51.8 Å². The van der Waals surface area contributed by atoms with Crippen LogP contribution in [0.25, 0.3) is 0 Å². The number of nitrogens with one attached hydrogen (secondary N) is 1. The Morgan fingerprint density at radius 3 is 2.62 bits per heavy atom. The molecule has 0 radical (unpaired) electrons. The first-order valence-corrected chi connectivity index (χ1v) is 8.32. The number of ether oxygens (including phenoxy) is 1. The van der Waals surface area contributed by atoms with Crippen LogP contribution in [0.3, 0.4) is 0 Å². The van der Waals surface area contributed by atoms with Gasteiger partial charge in [-0.05, 0) is 24.3 Å². The van der Waals surface area contributed by atoms with Crippen molar-refractivity contribution >= 4 is 26.0 Å². The minimum absolute atomic E-state index is 0.00925. The number of rotatable bonds is 5. The number of hydrogen-bond acceptors (Lipinski definition) is 4. The summed E-state index contributed by atoms with van der Waals surface area (Å²) in [5.41, 5.74) is 0.495. The van der Waals surface area contributed by atoms with Gasteiger partial charge >= 0.3 is 0 Å². The Labute approximate surface area is 131 Å². The fourth-order valence-electron chi connectivity index (χ4n) is 1.77. The number of hydrogen-bond donors (Lipinski definition) is 2. The van der Waals surface area contributed by atoms with Crippen LogP contribution in [0.5, 0.6) is 11.5 Å². The number of halogens is 1. The fourth-order valence-corrected chi connectivity index (χ4v) is 3.48. The van der Waals surface area contributed by atoms with E-state index in [4.69, 9.17) is 4.74 Å². The monoisotopic (exact) mass is 371 g/mol. The number of sulfonamides is 1. The van der Waals surface area contributed by atoms with E-state index in [9.17, 15) is 13.5 Å². The largest absolute Gasteiger partial charge is 0.508 e. The van der Waals surface area contributed by atoms with Gasteiger partial charge in [0.05, 0.1) is 7.11 Å². The first-order chi connectivity index (χ1) is 9.94. The Morgan fingerprint density at radius 2 is 1.95 bits per heavy atom. The lowest BCUT2D eigenvalue weighted by Gasteiger charge is -2.11. The Bertz CT molecular complexity index is 746. The van der Waals surface area contributed by atoms with Gasteiger partial charge in [-0.3, -0.25) is 0 Å². The lowest BCUT2D eigenvalue weighted by atomic mass is 10.2. The summed E-state index contributed by atoms with van der Waals surface area (Å²) in [6, 6.07) is 11.3. The molecule has 0 amide bonds. The quantitative estimate of drug-likeness (QED) is 0.846. The van der Waals surface area contributed by atoms with Gasteiger partial charge in [0.25, 0.3) is 0 Å². The lowest BCUT2D eigenvalue weighted by Crippen LogP contribution is -2.23. The van der Waals surface area contributed by atoms with Gasteiger partial charge in [-0.15, -0.1) is 0 Å². The molecule has 2 aromatic rings. The first kappa shape index (κ1) is 15.8. The van der Waals surface area contributed by atoms with Crippen molar-refractivity contribution < 1.29 is 18.3 Å². The topological polar surface area (TPSA) is 75.6 Å². The summed E-state index contributed by atoms with van der Waals surface area (Å²) in [5.74, 6) is 0.296. The van der Waals surface area contributed by atoms with E-state index in [1.807, 2.05) is 0 Å². The molecule has 112 valence electrons. The third kappa shape index (κ3) is 3.75. The molecule has 0 spiro atoms. The van der Waals surface area contributed by atoms with Crippen LogP contribution in [-0.2, 0) is 16.6 Å². The molecule has 0 unspecified atom stereocenters. The van der Waals surface area contributed by atoms with E-state index in [1.165, 1.54) is 19.2 Å². The SMILES string of the molecule is COc1ccc(Br)cc1S(=O)(=O)NCc1ccccc1O. The van der Waals surface area contributed by atoms with E-state index < -0.39 is 10.0 Å². The molecule has 0 saturated heterocycles. The Hall–Kier alpha value is -1.57. The van der Waals surface area contributed by atoms with Crippen molar-refractivity contribution in [2.45, 2.75) is 11.4 Å². The summed E-state index contributed by atoms with van der Waals surface area (Å²) in [4.78, 5) is 0.0368. The number of phenols is 1. The van der Waals surface area contributed by atoms with Gasteiger partial charge in [-0.1, -0.05) is 34.1 Å². The minimum atomic E-state index is -3.76. The predicted octanol–water partition coefficient (Wildman–Crippen LogP) is 2.64. The summed E-state index contributed by atoms with van der Waals surface area (Å²) < 4.78 is 32.9. The molecule has 5 nitrogen and oxygen atoms in total. The van der Waals surface area contributed by atoms with Gasteiger partial charge < -0.3 is 9.84 Å². The van der Waals surface area contributed by atoms with E-state index in [2.05, 4.69) is 20.7 Å². The van der Waals surface area contributed by atoms with Crippen molar-refractivity contribution in [3.05, 3.63) is 52.5 Å². The maximum atomic E-state index is 12.4. The Kier molecular flexibility index (Phi) is 4.87. The predicted molar refractivity (Wildman–Crippen MR) is 82.8 cm³/mol. The highest BCUT2D eigenvalue weighted by atomic mass is 79.9. The molecular weight excluding hydrogens is 358 g/mol. The van der Waals surface area contributed by atoms with Crippen LogP contribution in [0.1, 0.15) is 5.56 Å². The van der Waals surface area contributed by atoms with E-state index >= 15 is 0 Å². The van der Waals surface area contributed by atoms with Crippen molar-refractivity contribution in [3.8, 4) is 11.5 Å². The van der Waals surface area contributed by atoms with E-state index in [0.29, 0.717) is 10.0 Å². The molecule has 0 aliphatic heterocycles. The number of methoxy groups -OCH3 is 1. The zero-order valence-electron chi connectivity index (χ0n) is 11.2. The summed E-state index contributed by atoms with van der Waals surface area (Å²) in [7, 11) is -2.35. The number of para-hydroxylation sites is 1. The second-order valence-electron chi connectivity index (χ2n) is 4.25. The third-order valence-corrected chi connectivity index (χ3v) is 4.78. The average Bonchev–Trinajstić information content (AvgIpc) is 2.46. The van der Waals surface area contributed by atoms with Gasteiger partial charge in [-0.25, -0.2) is 13.1 Å². The highest BCUT2D eigenvalue weighted by Gasteiger charge is 2.20. The first-order valence-electron chi connectivity index (χ1n) is 6.04. The fraction of sp³-hybridized carbons (Fsp3) is 0.143. The van der Waals surface area contributed by atoms with Gasteiger partial charge in [0, 0.05) is 16.6 Å². The van der Waals surface area contributed by atoms with E-state index in [1.54, 1.807) is 30.3 Å². The number of benzene rings is 2. The molecule has 0 atom stereocenters. The van der Waals surface area contributed by atoms with Crippen molar-refractivity contribution in [1.29, 1.82) is 0 Å². The molecule has 2 rings (SSSR count). The summed E-state index contributed by atoms with van der Waals surface area (Å²) in [5, 5.41) is 9.66. The van der Waals surface area contributed by atoms with E-state index in [0.717, 1.165) is 0 Å². The van der Waals surface area contributed by atoms with Crippen LogP contribution in [-0.4, -0.2) is 20.6 Å². The van der Waals surface area contributed by atoms with Crippen molar-refractivity contribution in [2.24, 2.45) is 0 Å². The number of phenolic OH excluding ortho intramolecular Hbond substituents is 1. The van der Waals surface area contributed by atoms with Crippen LogP contribution in [0, 0.1) is 0 Å². The smallest absolute Gasteiger partial charge is 0.244 e. The summed E-state index contributed by atoms with van der Waals surface area (Å²) in [6.45, 7) is -0.00925. The van der Waals surface area contributed by atoms with Gasteiger partial charge in [0.2, 0.25) is 10.0 Å². The zero-order chi connectivity index (χ0) is 15.5.